The van der Waals surface area contributed by atoms with E-state index in [1.807, 2.05) is 11.0 Å². The molecule has 0 aliphatic carbocycles. The maximum atomic E-state index is 12.6. The Labute approximate surface area is 139 Å². The third-order valence-electron chi connectivity index (χ3n) is 4.01. The smallest absolute Gasteiger partial charge is 0.255 e. The van der Waals surface area contributed by atoms with Crippen LogP contribution in [0.25, 0.3) is 0 Å². The summed E-state index contributed by atoms with van der Waals surface area (Å²) in [5.41, 5.74) is 0.632. The number of amides is 1. The van der Waals surface area contributed by atoms with Crippen LogP contribution in [0.5, 0.6) is 5.88 Å². The summed E-state index contributed by atoms with van der Waals surface area (Å²) >= 11 is 0. The molecule has 0 radical (unpaired) electrons. The Morgan fingerprint density at radius 2 is 2.04 bits per heavy atom. The lowest BCUT2D eigenvalue weighted by atomic mass is 10.2. The van der Waals surface area contributed by atoms with Gasteiger partial charge in [-0.3, -0.25) is 4.79 Å². The molecule has 1 unspecified atom stereocenters. The number of rotatable bonds is 9. The molecule has 1 aromatic heterocycles. The maximum Gasteiger partial charge on any atom is 0.255 e. The van der Waals surface area contributed by atoms with Crippen LogP contribution in [-0.4, -0.2) is 48.2 Å². The lowest BCUT2D eigenvalue weighted by Crippen LogP contribution is -2.33. The van der Waals surface area contributed by atoms with Crippen molar-refractivity contribution < 1.29 is 14.3 Å². The van der Waals surface area contributed by atoms with Gasteiger partial charge in [0.05, 0.1) is 18.8 Å². The van der Waals surface area contributed by atoms with Gasteiger partial charge in [-0.2, -0.15) is 0 Å². The number of ether oxygens (including phenoxy) is 2. The molecule has 1 saturated heterocycles. The first kappa shape index (κ1) is 17.7. The second kappa shape index (κ2) is 9.50. The molecule has 0 aromatic carbocycles. The standard InChI is InChI=1S/C18H28N2O3/c1-3-5-10-20(11-6-4-2)18(21)15-7-8-17(19-13-15)23-16-9-12-22-14-16/h7-8,13,16H,3-6,9-12,14H2,1-2H3. The van der Waals surface area contributed by atoms with Gasteiger partial charge in [0.2, 0.25) is 5.88 Å². The normalized spacial score (nSPS) is 17.2. The van der Waals surface area contributed by atoms with E-state index in [1.54, 1.807) is 12.3 Å². The van der Waals surface area contributed by atoms with Crippen LogP contribution in [0.2, 0.25) is 0 Å². The van der Waals surface area contributed by atoms with Gasteiger partial charge in [-0.05, 0) is 18.9 Å². The fraction of sp³-hybridized carbons (Fsp3) is 0.667. The molecule has 0 saturated carbocycles. The molecule has 1 aromatic rings. The van der Waals surface area contributed by atoms with Gasteiger partial charge < -0.3 is 14.4 Å². The summed E-state index contributed by atoms with van der Waals surface area (Å²) in [5.74, 6) is 0.626. The Balaban J connectivity index is 1.95. The van der Waals surface area contributed by atoms with Crippen LogP contribution >= 0.6 is 0 Å². The Morgan fingerprint density at radius 1 is 1.30 bits per heavy atom. The summed E-state index contributed by atoms with van der Waals surface area (Å²) in [6.45, 7) is 7.26. The molecule has 1 aliphatic rings. The molecule has 2 heterocycles. The first-order valence-electron chi connectivity index (χ1n) is 8.74. The molecular formula is C18H28N2O3. The summed E-state index contributed by atoms with van der Waals surface area (Å²) in [6.07, 6.45) is 6.84. The number of hydrogen-bond acceptors (Lipinski definition) is 4. The molecule has 5 nitrogen and oxygen atoms in total. The largest absolute Gasteiger partial charge is 0.472 e. The summed E-state index contributed by atoms with van der Waals surface area (Å²) < 4.78 is 11.0. The number of carbonyl (C=O) groups is 1. The molecule has 0 bridgehead atoms. The van der Waals surface area contributed by atoms with Gasteiger partial charge in [0, 0.05) is 31.8 Å². The van der Waals surface area contributed by atoms with E-state index < -0.39 is 0 Å². The van der Waals surface area contributed by atoms with Crippen molar-refractivity contribution in [1.82, 2.24) is 9.88 Å². The van der Waals surface area contributed by atoms with E-state index >= 15 is 0 Å². The molecule has 1 amide bonds. The first-order valence-corrected chi connectivity index (χ1v) is 8.74. The minimum Gasteiger partial charge on any atom is -0.472 e. The average molecular weight is 320 g/mol. The van der Waals surface area contributed by atoms with E-state index in [0.717, 1.165) is 51.8 Å². The van der Waals surface area contributed by atoms with Gasteiger partial charge >= 0.3 is 0 Å². The van der Waals surface area contributed by atoms with Crippen molar-refractivity contribution >= 4 is 5.91 Å². The number of nitrogens with zero attached hydrogens (tertiary/aromatic N) is 2. The lowest BCUT2D eigenvalue weighted by molar-refractivity contribution is 0.0750. The molecular weight excluding hydrogens is 292 g/mol. The monoisotopic (exact) mass is 320 g/mol. The summed E-state index contributed by atoms with van der Waals surface area (Å²) in [5, 5.41) is 0. The molecule has 128 valence electrons. The van der Waals surface area contributed by atoms with E-state index in [2.05, 4.69) is 18.8 Å². The molecule has 1 aliphatic heterocycles. The molecule has 2 rings (SSSR count). The maximum absolute atomic E-state index is 12.6. The van der Waals surface area contributed by atoms with Crippen LogP contribution in [-0.2, 0) is 4.74 Å². The molecule has 23 heavy (non-hydrogen) atoms. The van der Waals surface area contributed by atoms with E-state index in [1.165, 1.54) is 0 Å². The Hall–Kier alpha value is -1.62. The quantitative estimate of drug-likeness (QED) is 0.700. The predicted molar refractivity (Wildman–Crippen MR) is 89.8 cm³/mol. The van der Waals surface area contributed by atoms with Gasteiger partial charge in [0.1, 0.15) is 6.10 Å². The fourth-order valence-corrected chi connectivity index (χ4v) is 2.55. The van der Waals surface area contributed by atoms with E-state index in [-0.39, 0.29) is 12.0 Å². The highest BCUT2D eigenvalue weighted by Crippen LogP contribution is 2.16. The molecule has 1 fully saturated rings. The Kier molecular flexibility index (Phi) is 7.33. The minimum atomic E-state index is 0.0650. The van der Waals surface area contributed by atoms with Crippen molar-refractivity contribution in [3.63, 3.8) is 0 Å². The van der Waals surface area contributed by atoms with Crippen LogP contribution in [0.1, 0.15) is 56.3 Å². The topological polar surface area (TPSA) is 51.7 Å². The van der Waals surface area contributed by atoms with E-state index in [4.69, 9.17) is 9.47 Å². The highest BCUT2D eigenvalue weighted by atomic mass is 16.5. The van der Waals surface area contributed by atoms with Crippen molar-refractivity contribution in [2.24, 2.45) is 0 Å². The van der Waals surface area contributed by atoms with Crippen LogP contribution < -0.4 is 4.74 Å². The lowest BCUT2D eigenvalue weighted by Gasteiger charge is -2.22. The molecule has 0 spiro atoms. The van der Waals surface area contributed by atoms with Crippen LogP contribution in [0.15, 0.2) is 18.3 Å². The van der Waals surface area contributed by atoms with E-state index in [9.17, 15) is 4.79 Å². The number of hydrogen-bond donors (Lipinski definition) is 0. The van der Waals surface area contributed by atoms with Crippen molar-refractivity contribution in [1.29, 1.82) is 0 Å². The van der Waals surface area contributed by atoms with Gasteiger partial charge in [-0.1, -0.05) is 26.7 Å². The Morgan fingerprint density at radius 3 is 2.57 bits per heavy atom. The number of aromatic nitrogens is 1. The fourth-order valence-electron chi connectivity index (χ4n) is 2.55. The second-order valence-electron chi connectivity index (χ2n) is 5.99. The Bertz CT molecular complexity index is 462. The number of carbonyl (C=O) groups excluding carboxylic acids is 1. The van der Waals surface area contributed by atoms with Gasteiger partial charge in [-0.25, -0.2) is 4.98 Å². The molecule has 5 heteroatoms. The van der Waals surface area contributed by atoms with Crippen molar-refractivity contribution in [2.75, 3.05) is 26.3 Å². The minimum absolute atomic E-state index is 0.0650. The first-order chi connectivity index (χ1) is 11.2. The van der Waals surface area contributed by atoms with Crippen LogP contribution in [0, 0.1) is 0 Å². The summed E-state index contributed by atoms with van der Waals surface area (Å²) in [4.78, 5) is 18.9. The number of unbranched alkanes of at least 4 members (excludes halogenated alkanes) is 2. The summed E-state index contributed by atoms with van der Waals surface area (Å²) in [7, 11) is 0. The zero-order chi connectivity index (χ0) is 16.5. The summed E-state index contributed by atoms with van der Waals surface area (Å²) in [6, 6.07) is 3.59. The van der Waals surface area contributed by atoms with E-state index in [0.29, 0.717) is 18.1 Å². The zero-order valence-electron chi connectivity index (χ0n) is 14.3. The van der Waals surface area contributed by atoms with Crippen molar-refractivity contribution in [3.8, 4) is 5.88 Å². The van der Waals surface area contributed by atoms with Crippen LogP contribution in [0.3, 0.4) is 0 Å². The predicted octanol–water partition coefficient (Wildman–Crippen LogP) is 3.29. The SMILES string of the molecule is CCCCN(CCCC)C(=O)c1ccc(OC2CCOC2)nc1. The highest BCUT2D eigenvalue weighted by molar-refractivity contribution is 5.93. The number of pyridine rings is 1. The highest BCUT2D eigenvalue weighted by Gasteiger charge is 2.19. The zero-order valence-corrected chi connectivity index (χ0v) is 14.3. The van der Waals surface area contributed by atoms with Crippen LogP contribution in [0.4, 0.5) is 0 Å². The molecule has 1 atom stereocenters. The third-order valence-corrected chi connectivity index (χ3v) is 4.01. The second-order valence-corrected chi connectivity index (χ2v) is 5.99. The average Bonchev–Trinajstić information content (AvgIpc) is 3.08. The van der Waals surface area contributed by atoms with Gasteiger partial charge in [0.25, 0.3) is 5.91 Å². The van der Waals surface area contributed by atoms with Crippen molar-refractivity contribution in [2.45, 2.75) is 52.1 Å². The third kappa shape index (κ3) is 5.50. The van der Waals surface area contributed by atoms with Crippen molar-refractivity contribution in [3.05, 3.63) is 23.9 Å². The molecule has 0 N–H and O–H groups in total. The van der Waals surface area contributed by atoms with Gasteiger partial charge in [-0.15, -0.1) is 0 Å². The van der Waals surface area contributed by atoms with Gasteiger partial charge in [0.15, 0.2) is 0 Å².